The predicted molar refractivity (Wildman–Crippen MR) is 73.7 cm³/mol. The molecule has 3 nitrogen and oxygen atoms in total. The van der Waals surface area contributed by atoms with Gasteiger partial charge in [0.05, 0.1) is 11.6 Å². The fraction of sp³-hybridized carbons (Fsp3) is 0.429. The van der Waals surface area contributed by atoms with Crippen LogP contribution in [0.5, 0.6) is 0 Å². The number of para-hydroxylation sites is 1. The molecule has 2 aromatic rings. The minimum absolute atomic E-state index is 0.197. The maximum atomic E-state index is 10.0. The predicted octanol–water partition coefficient (Wildman–Crippen LogP) is 3.03. The minimum Gasteiger partial charge on any atom is -0.392 e. The van der Waals surface area contributed by atoms with Crippen LogP contribution in [0.1, 0.15) is 25.7 Å². The molecule has 94 valence electrons. The van der Waals surface area contributed by atoms with E-state index in [1.807, 2.05) is 24.3 Å². The Hall–Kier alpha value is -1.13. The highest BCUT2D eigenvalue weighted by Crippen LogP contribution is 2.35. The fourth-order valence-corrected chi connectivity index (χ4v) is 3.70. The molecule has 0 aliphatic heterocycles. The van der Waals surface area contributed by atoms with Gasteiger partial charge in [-0.05, 0) is 18.9 Å². The summed E-state index contributed by atoms with van der Waals surface area (Å²) in [6.07, 6.45) is 5.75. The largest absolute Gasteiger partial charge is 0.392 e. The number of thioether (sulfide) groups is 1. The average Bonchev–Trinajstić information content (AvgIpc) is 2.42. The van der Waals surface area contributed by atoms with Crippen LogP contribution < -0.4 is 0 Å². The van der Waals surface area contributed by atoms with Gasteiger partial charge in [0.2, 0.25) is 0 Å². The van der Waals surface area contributed by atoms with Crippen LogP contribution in [0.3, 0.4) is 0 Å². The van der Waals surface area contributed by atoms with Crippen molar-refractivity contribution >= 4 is 22.7 Å². The zero-order valence-corrected chi connectivity index (χ0v) is 10.9. The van der Waals surface area contributed by atoms with E-state index < -0.39 is 0 Å². The summed E-state index contributed by atoms with van der Waals surface area (Å²) < 4.78 is 0. The quantitative estimate of drug-likeness (QED) is 0.843. The number of hydrogen-bond donors (Lipinski definition) is 1. The van der Waals surface area contributed by atoms with Crippen LogP contribution in [0.25, 0.3) is 10.9 Å². The van der Waals surface area contributed by atoms with E-state index in [4.69, 9.17) is 0 Å². The van der Waals surface area contributed by atoms with Gasteiger partial charge in [-0.3, -0.25) is 0 Å². The highest BCUT2D eigenvalue weighted by atomic mass is 32.2. The molecule has 0 amide bonds. The summed E-state index contributed by atoms with van der Waals surface area (Å²) in [5.41, 5.74) is 0.972. The van der Waals surface area contributed by atoms with Crippen molar-refractivity contribution in [3.63, 3.8) is 0 Å². The molecule has 1 aromatic carbocycles. The van der Waals surface area contributed by atoms with Gasteiger partial charge in [0.15, 0.2) is 0 Å². The van der Waals surface area contributed by atoms with E-state index >= 15 is 0 Å². The Kier molecular flexibility index (Phi) is 3.48. The van der Waals surface area contributed by atoms with E-state index in [9.17, 15) is 5.11 Å². The first-order valence-corrected chi connectivity index (χ1v) is 7.27. The number of aliphatic hydroxyl groups is 1. The smallest absolute Gasteiger partial charge is 0.117 e. The minimum atomic E-state index is -0.197. The number of hydrogen-bond acceptors (Lipinski definition) is 4. The normalized spacial score (nSPS) is 24.3. The summed E-state index contributed by atoms with van der Waals surface area (Å²) in [5, 5.41) is 12.4. The highest BCUT2D eigenvalue weighted by Gasteiger charge is 2.24. The Labute approximate surface area is 111 Å². The average molecular weight is 260 g/mol. The molecule has 4 heteroatoms. The molecule has 2 atom stereocenters. The molecule has 1 aromatic heterocycles. The SMILES string of the molecule is O[C@H]1CCCC[C@@H]1Sc1ncnc2ccccc12. The Morgan fingerprint density at radius 2 is 1.94 bits per heavy atom. The van der Waals surface area contributed by atoms with Crippen LogP contribution >= 0.6 is 11.8 Å². The van der Waals surface area contributed by atoms with E-state index in [2.05, 4.69) is 9.97 Å². The zero-order chi connectivity index (χ0) is 12.4. The molecule has 18 heavy (non-hydrogen) atoms. The monoisotopic (exact) mass is 260 g/mol. The number of benzene rings is 1. The van der Waals surface area contributed by atoms with Crippen molar-refractivity contribution in [1.82, 2.24) is 9.97 Å². The van der Waals surface area contributed by atoms with Gasteiger partial charge in [0.25, 0.3) is 0 Å². The van der Waals surface area contributed by atoms with Crippen molar-refractivity contribution in [2.24, 2.45) is 0 Å². The van der Waals surface area contributed by atoms with E-state index in [0.29, 0.717) is 0 Å². The molecule has 1 heterocycles. The van der Waals surface area contributed by atoms with Crippen molar-refractivity contribution in [3.8, 4) is 0 Å². The van der Waals surface area contributed by atoms with Crippen LogP contribution in [0, 0.1) is 0 Å². The first kappa shape index (κ1) is 11.9. The molecule has 0 bridgehead atoms. The Morgan fingerprint density at radius 1 is 1.11 bits per heavy atom. The molecule has 3 rings (SSSR count). The maximum absolute atomic E-state index is 10.0. The van der Waals surface area contributed by atoms with Gasteiger partial charge in [-0.25, -0.2) is 9.97 Å². The van der Waals surface area contributed by atoms with Gasteiger partial charge >= 0.3 is 0 Å². The lowest BCUT2D eigenvalue weighted by molar-refractivity contribution is 0.137. The lowest BCUT2D eigenvalue weighted by Gasteiger charge is -2.26. The third-order valence-corrected chi connectivity index (χ3v) is 4.84. The van der Waals surface area contributed by atoms with Crippen LogP contribution in [0.15, 0.2) is 35.6 Å². The summed E-state index contributed by atoms with van der Waals surface area (Å²) in [6, 6.07) is 8.04. The third-order valence-electron chi connectivity index (χ3n) is 3.44. The lowest BCUT2D eigenvalue weighted by atomic mass is 9.97. The number of fused-ring (bicyclic) bond motifs is 1. The molecule has 1 aliphatic rings. The molecular weight excluding hydrogens is 244 g/mol. The first-order chi connectivity index (χ1) is 8.84. The third kappa shape index (κ3) is 2.35. The van der Waals surface area contributed by atoms with E-state index in [1.54, 1.807) is 18.1 Å². The molecule has 1 saturated carbocycles. The number of aromatic nitrogens is 2. The summed E-state index contributed by atoms with van der Waals surface area (Å²) in [4.78, 5) is 8.64. The topological polar surface area (TPSA) is 46.0 Å². The molecule has 0 unspecified atom stereocenters. The van der Waals surface area contributed by atoms with Gasteiger partial charge in [-0.1, -0.05) is 42.8 Å². The van der Waals surface area contributed by atoms with Gasteiger partial charge in [0, 0.05) is 10.6 Å². The standard InChI is InChI=1S/C14H16N2OS/c17-12-7-3-4-8-13(12)18-14-10-5-1-2-6-11(10)15-9-16-14/h1-2,5-6,9,12-13,17H,3-4,7-8H2/t12-,13-/m0/s1. The summed E-state index contributed by atoms with van der Waals surface area (Å²) in [7, 11) is 0. The number of nitrogens with zero attached hydrogens (tertiary/aromatic N) is 2. The Balaban J connectivity index is 1.90. The summed E-state index contributed by atoms with van der Waals surface area (Å²) in [6.45, 7) is 0. The second kappa shape index (κ2) is 5.24. The van der Waals surface area contributed by atoms with Crippen molar-refractivity contribution < 1.29 is 5.11 Å². The summed E-state index contributed by atoms with van der Waals surface area (Å²) >= 11 is 1.70. The molecule has 1 N–H and O–H groups in total. The molecular formula is C14H16N2OS. The molecule has 1 fully saturated rings. The van der Waals surface area contributed by atoms with Crippen molar-refractivity contribution in [1.29, 1.82) is 0 Å². The van der Waals surface area contributed by atoms with Gasteiger partial charge < -0.3 is 5.11 Å². The van der Waals surface area contributed by atoms with Crippen LogP contribution in [-0.4, -0.2) is 26.4 Å². The Morgan fingerprint density at radius 3 is 2.83 bits per heavy atom. The van der Waals surface area contributed by atoms with Crippen molar-refractivity contribution in [2.45, 2.75) is 42.1 Å². The molecule has 0 radical (unpaired) electrons. The van der Waals surface area contributed by atoms with E-state index in [0.717, 1.165) is 35.2 Å². The maximum Gasteiger partial charge on any atom is 0.117 e. The second-order valence-corrected chi connectivity index (χ2v) is 5.93. The second-order valence-electron chi connectivity index (χ2n) is 4.70. The molecule has 1 aliphatic carbocycles. The fourth-order valence-electron chi connectivity index (χ4n) is 2.43. The van der Waals surface area contributed by atoms with E-state index in [1.165, 1.54) is 6.42 Å². The first-order valence-electron chi connectivity index (χ1n) is 6.39. The van der Waals surface area contributed by atoms with Gasteiger partial charge in [0.1, 0.15) is 11.4 Å². The number of rotatable bonds is 2. The van der Waals surface area contributed by atoms with E-state index in [-0.39, 0.29) is 11.4 Å². The molecule has 0 saturated heterocycles. The van der Waals surface area contributed by atoms with Crippen LogP contribution in [0.2, 0.25) is 0 Å². The number of aliphatic hydroxyl groups excluding tert-OH is 1. The van der Waals surface area contributed by atoms with Crippen LogP contribution in [0.4, 0.5) is 0 Å². The van der Waals surface area contributed by atoms with Crippen LogP contribution in [-0.2, 0) is 0 Å². The van der Waals surface area contributed by atoms with Crippen molar-refractivity contribution in [2.75, 3.05) is 0 Å². The van der Waals surface area contributed by atoms with Gasteiger partial charge in [-0.15, -0.1) is 0 Å². The van der Waals surface area contributed by atoms with Gasteiger partial charge in [-0.2, -0.15) is 0 Å². The summed E-state index contributed by atoms with van der Waals surface area (Å²) in [5.74, 6) is 0. The lowest BCUT2D eigenvalue weighted by Crippen LogP contribution is -2.26. The Bertz CT molecular complexity index is 541. The molecule has 0 spiro atoms. The van der Waals surface area contributed by atoms with Crippen molar-refractivity contribution in [3.05, 3.63) is 30.6 Å². The highest BCUT2D eigenvalue weighted by molar-refractivity contribution is 8.00. The zero-order valence-electron chi connectivity index (χ0n) is 10.1.